The molecule has 0 radical (unpaired) electrons. The second-order valence-corrected chi connectivity index (χ2v) is 8.26. The molecule has 0 spiro atoms. The van der Waals surface area contributed by atoms with Gasteiger partial charge >= 0.3 is 0 Å². The summed E-state index contributed by atoms with van der Waals surface area (Å²) in [6.45, 7) is 4.03. The van der Waals surface area contributed by atoms with Gasteiger partial charge in [-0.25, -0.2) is 4.39 Å². The first-order valence-electron chi connectivity index (χ1n) is 10.3. The van der Waals surface area contributed by atoms with E-state index in [-0.39, 0.29) is 12.1 Å². The maximum absolute atomic E-state index is 13.2. The minimum Gasteiger partial charge on any atom is -0.352 e. The molecule has 3 aliphatic rings. The van der Waals surface area contributed by atoms with E-state index >= 15 is 0 Å². The molecule has 0 aromatic heterocycles. The predicted molar refractivity (Wildman–Crippen MR) is 95.3 cm³/mol. The van der Waals surface area contributed by atoms with Gasteiger partial charge in [0.1, 0.15) is 0 Å². The normalized spacial score (nSPS) is 37.9. The zero-order valence-corrected chi connectivity index (χ0v) is 15.4. The molecule has 1 saturated carbocycles. The molecule has 2 nitrogen and oxygen atoms in total. The first-order valence-corrected chi connectivity index (χ1v) is 10.3. The molecule has 24 heavy (non-hydrogen) atoms. The van der Waals surface area contributed by atoms with E-state index < -0.39 is 0 Å². The fraction of sp³-hybridized carbons (Fsp3) is 0.905. The smallest absolute Gasteiger partial charge is 0.160 e. The Morgan fingerprint density at radius 2 is 1.67 bits per heavy atom. The lowest BCUT2D eigenvalue weighted by molar-refractivity contribution is -0.230. The van der Waals surface area contributed by atoms with Gasteiger partial charge in [0.2, 0.25) is 0 Å². The topological polar surface area (TPSA) is 18.5 Å². The zero-order chi connectivity index (χ0) is 16.8. The summed E-state index contributed by atoms with van der Waals surface area (Å²) in [7, 11) is 0. The number of unbranched alkanes of at least 4 members (excludes halogenated alkanes) is 2. The summed E-state index contributed by atoms with van der Waals surface area (Å²) in [6.07, 6.45) is 14.7. The van der Waals surface area contributed by atoms with Crippen LogP contribution >= 0.6 is 0 Å². The molecular formula is C21H35FO2. The van der Waals surface area contributed by atoms with E-state index in [4.69, 9.17) is 9.47 Å². The van der Waals surface area contributed by atoms with Gasteiger partial charge in [0.05, 0.1) is 19.0 Å². The minimum absolute atomic E-state index is 0.0390. The van der Waals surface area contributed by atoms with Crippen LogP contribution in [0.5, 0.6) is 0 Å². The molecule has 0 aromatic carbocycles. The molecule has 2 aliphatic carbocycles. The van der Waals surface area contributed by atoms with Crippen molar-refractivity contribution in [2.45, 2.75) is 83.8 Å². The predicted octanol–water partition coefficient (Wildman–Crippen LogP) is 6.02. The number of allylic oxidation sites excluding steroid dienone is 2. The fourth-order valence-electron chi connectivity index (χ4n) is 4.82. The molecule has 1 heterocycles. The number of hydrogen-bond acceptors (Lipinski definition) is 2. The highest BCUT2D eigenvalue weighted by Crippen LogP contribution is 2.41. The summed E-state index contributed by atoms with van der Waals surface area (Å²) in [5.74, 6) is 2.79. The number of ether oxygens (including phenoxy) is 2. The maximum Gasteiger partial charge on any atom is 0.160 e. The molecular weight excluding hydrogens is 303 g/mol. The lowest BCUT2D eigenvalue weighted by atomic mass is 9.72. The Bertz CT molecular complexity index is 393. The van der Waals surface area contributed by atoms with Gasteiger partial charge in [0, 0.05) is 11.8 Å². The van der Waals surface area contributed by atoms with Crippen LogP contribution in [-0.2, 0) is 9.47 Å². The highest BCUT2D eigenvalue weighted by Gasteiger charge is 2.34. The molecule has 0 N–H and O–H groups in total. The standard InChI is InChI=1S/C21H35FO2/c1-2-3-4-5-16-14-23-21(24-15-16)19-8-6-17(7-9-19)18-10-12-20(22)13-11-18/h12,16-19,21H,2-11,13-15H2,1H3/t16-,17-,18?,19-,21-. The molecule has 138 valence electrons. The van der Waals surface area contributed by atoms with Crippen molar-refractivity contribution in [3.8, 4) is 0 Å². The quantitative estimate of drug-likeness (QED) is 0.552. The molecule has 2 fully saturated rings. The second kappa shape index (κ2) is 9.33. The van der Waals surface area contributed by atoms with Gasteiger partial charge in [0.15, 0.2) is 6.29 Å². The lowest BCUT2D eigenvalue weighted by Gasteiger charge is -2.39. The Morgan fingerprint density at radius 1 is 0.958 bits per heavy atom. The van der Waals surface area contributed by atoms with Crippen LogP contribution in [-0.4, -0.2) is 19.5 Å². The monoisotopic (exact) mass is 338 g/mol. The van der Waals surface area contributed by atoms with Crippen LogP contribution in [0.15, 0.2) is 11.9 Å². The van der Waals surface area contributed by atoms with Crippen molar-refractivity contribution in [3.05, 3.63) is 11.9 Å². The van der Waals surface area contributed by atoms with Gasteiger partial charge in [-0.05, 0) is 63.2 Å². The van der Waals surface area contributed by atoms with Crippen LogP contribution in [0.2, 0.25) is 0 Å². The summed E-state index contributed by atoms with van der Waals surface area (Å²) in [5.41, 5.74) is 0. The van der Waals surface area contributed by atoms with E-state index in [1.807, 2.05) is 6.08 Å². The lowest BCUT2D eigenvalue weighted by Crippen LogP contribution is -2.39. The second-order valence-electron chi connectivity index (χ2n) is 8.26. The van der Waals surface area contributed by atoms with Crippen molar-refractivity contribution in [2.24, 2.45) is 23.7 Å². The Morgan fingerprint density at radius 3 is 2.29 bits per heavy atom. The summed E-state index contributed by atoms with van der Waals surface area (Å²) in [4.78, 5) is 0. The van der Waals surface area contributed by atoms with Crippen molar-refractivity contribution < 1.29 is 13.9 Å². The van der Waals surface area contributed by atoms with Crippen molar-refractivity contribution in [1.29, 1.82) is 0 Å². The van der Waals surface area contributed by atoms with Gasteiger partial charge in [0.25, 0.3) is 0 Å². The Labute approximate surface area is 147 Å². The fourth-order valence-corrected chi connectivity index (χ4v) is 4.82. The minimum atomic E-state index is 0.0390. The van der Waals surface area contributed by atoms with E-state index in [0.29, 0.717) is 24.2 Å². The van der Waals surface area contributed by atoms with Gasteiger partial charge in [-0.15, -0.1) is 0 Å². The van der Waals surface area contributed by atoms with Crippen LogP contribution in [0.3, 0.4) is 0 Å². The molecule has 0 bridgehead atoms. The van der Waals surface area contributed by atoms with E-state index in [1.54, 1.807) is 0 Å². The Balaban J connectivity index is 1.35. The summed E-state index contributed by atoms with van der Waals surface area (Å²) in [5, 5.41) is 0. The van der Waals surface area contributed by atoms with Gasteiger partial charge in [-0.1, -0.05) is 32.3 Å². The largest absolute Gasteiger partial charge is 0.352 e. The molecule has 1 unspecified atom stereocenters. The third kappa shape index (κ3) is 5.05. The average molecular weight is 339 g/mol. The van der Waals surface area contributed by atoms with E-state index in [9.17, 15) is 4.39 Å². The van der Waals surface area contributed by atoms with Gasteiger partial charge in [-0.3, -0.25) is 0 Å². The molecule has 1 aliphatic heterocycles. The van der Waals surface area contributed by atoms with Crippen LogP contribution in [0, 0.1) is 23.7 Å². The molecule has 1 saturated heterocycles. The molecule has 3 heteroatoms. The zero-order valence-electron chi connectivity index (χ0n) is 15.4. The van der Waals surface area contributed by atoms with Crippen molar-refractivity contribution >= 4 is 0 Å². The average Bonchev–Trinajstić information content (AvgIpc) is 2.63. The third-order valence-corrected chi connectivity index (χ3v) is 6.47. The van der Waals surface area contributed by atoms with Gasteiger partial charge in [-0.2, -0.15) is 0 Å². The highest BCUT2D eigenvalue weighted by atomic mass is 19.1. The Kier molecular flexibility index (Phi) is 7.15. The summed E-state index contributed by atoms with van der Waals surface area (Å²) >= 11 is 0. The molecule has 1 atom stereocenters. The van der Waals surface area contributed by atoms with E-state index in [0.717, 1.165) is 32.0 Å². The van der Waals surface area contributed by atoms with Crippen molar-refractivity contribution in [2.75, 3.05) is 13.2 Å². The summed E-state index contributed by atoms with van der Waals surface area (Å²) in [6, 6.07) is 0. The third-order valence-electron chi connectivity index (χ3n) is 6.47. The van der Waals surface area contributed by atoms with E-state index in [2.05, 4.69) is 6.92 Å². The SMILES string of the molecule is CCCCC[C@H]1CO[C@H]([C@H]2CC[C@H](C3CC=C(F)CC3)CC2)OC1. The van der Waals surface area contributed by atoms with Crippen LogP contribution < -0.4 is 0 Å². The van der Waals surface area contributed by atoms with E-state index in [1.165, 1.54) is 51.4 Å². The first-order chi connectivity index (χ1) is 11.8. The molecule has 0 amide bonds. The van der Waals surface area contributed by atoms with Crippen LogP contribution in [0.1, 0.15) is 77.6 Å². The van der Waals surface area contributed by atoms with Crippen molar-refractivity contribution in [1.82, 2.24) is 0 Å². The Hall–Kier alpha value is -0.410. The van der Waals surface area contributed by atoms with Crippen LogP contribution in [0.4, 0.5) is 4.39 Å². The van der Waals surface area contributed by atoms with Crippen molar-refractivity contribution in [3.63, 3.8) is 0 Å². The highest BCUT2D eigenvalue weighted by molar-refractivity contribution is 4.99. The number of hydrogen-bond donors (Lipinski definition) is 0. The van der Waals surface area contributed by atoms with Gasteiger partial charge < -0.3 is 9.47 Å². The number of rotatable bonds is 6. The molecule has 0 aromatic rings. The first kappa shape index (κ1) is 18.4. The summed E-state index contributed by atoms with van der Waals surface area (Å²) < 4.78 is 25.3. The van der Waals surface area contributed by atoms with Crippen LogP contribution in [0.25, 0.3) is 0 Å². The maximum atomic E-state index is 13.2. The number of halogens is 1. The molecule has 3 rings (SSSR count).